The number of nitrogens with zero attached hydrogens (tertiary/aromatic N) is 1. The van der Waals surface area contributed by atoms with Gasteiger partial charge >= 0.3 is 0 Å². The van der Waals surface area contributed by atoms with E-state index in [4.69, 9.17) is 10.5 Å². The summed E-state index contributed by atoms with van der Waals surface area (Å²) in [5.74, 6) is -0.0742. The van der Waals surface area contributed by atoms with E-state index in [0.29, 0.717) is 13.0 Å². The van der Waals surface area contributed by atoms with Crippen molar-refractivity contribution in [3.63, 3.8) is 0 Å². The number of benzene rings is 2. The molecule has 0 spiro atoms. The number of nitrogens with one attached hydrogen (secondary N) is 1. The minimum absolute atomic E-state index is 0.0742. The Morgan fingerprint density at radius 2 is 1.92 bits per heavy atom. The molecule has 25 heavy (non-hydrogen) atoms. The number of hydrogen-bond acceptors (Lipinski definition) is 4. The lowest BCUT2D eigenvalue weighted by atomic mass is 9.99. The van der Waals surface area contributed by atoms with Crippen LogP contribution in [0.4, 0.5) is 0 Å². The summed E-state index contributed by atoms with van der Waals surface area (Å²) in [6, 6.07) is 13.8. The number of carbonyl (C=O) groups excluding carboxylic acids is 1. The Morgan fingerprint density at radius 1 is 1.16 bits per heavy atom. The van der Waals surface area contributed by atoms with Crippen molar-refractivity contribution >= 4 is 16.7 Å². The Labute approximate surface area is 149 Å². The second-order valence-electron chi connectivity index (χ2n) is 6.55. The number of hydrogen-bond donors (Lipinski definition) is 2. The van der Waals surface area contributed by atoms with E-state index in [1.54, 1.807) is 0 Å². The highest BCUT2D eigenvalue weighted by Crippen LogP contribution is 2.19. The zero-order valence-electron chi connectivity index (χ0n) is 14.6. The van der Waals surface area contributed by atoms with Crippen LogP contribution >= 0.6 is 0 Å². The van der Waals surface area contributed by atoms with Crippen molar-refractivity contribution < 1.29 is 9.53 Å². The van der Waals surface area contributed by atoms with Crippen molar-refractivity contribution in [2.24, 2.45) is 5.73 Å². The second kappa shape index (κ2) is 8.94. The third-order valence-electron chi connectivity index (χ3n) is 4.71. The lowest BCUT2D eigenvalue weighted by Crippen LogP contribution is -2.43. The third-order valence-corrected chi connectivity index (χ3v) is 4.71. The average Bonchev–Trinajstić information content (AvgIpc) is 2.66. The van der Waals surface area contributed by atoms with E-state index in [2.05, 4.69) is 28.4 Å². The van der Waals surface area contributed by atoms with Gasteiger partial charge in [0.15, 0.2) is 0 Å². The first kappa shape index (κ1) is 17.9. The van der Waals surface area contributed by atoms with Gasteiger partial charge < -0.3 is 15.8 Å². The molecule has 1 atom stereocenters. The van der Waals surface area contributed by atoms with Crippen molar-refractivity contribution in [3.05, 3.63) is 48.0 Å². The zero-order chi connectivity index (χ0) is 17.5. The van der Waals surface area contributed by atoms with Gasteiger partial charge in [0.1, 0.15) is 0 Å². The van der Waals surface area contributed by atoms with Gasteiger partial charge in [-0.1, -0.05) is 42.5 Å². The number of fused-ring (bicyclic) bond motifs is 1. The van der Waals surface area contributed by atoms with Crippen LogP contribution in [0.15, 0.2) is 42.5 Å². The molecule has 1 amide bonds. The topological polar surface area (TPSA) is 67.6 Å². The maximum absolute atomic E-state index is 12.3. The van der Waals surface area contributed by atoms with Gasteiger partial charge in [0, 0.05) is 19.6 Å². The molecule has 0 aliphatic carbocycles. The molecule has 2 aromatic carbocycles. The molecular formula is C20H27N3O2. The summed E-state index contributed by atoms with van der Waals surface area (Å²) in [5, 5.41) is 5.31. The summed E-state index contributed by atoms with van der Waals surface area (Å²) in [5.41, 5.74) is 7.25. The molecule has 5 nitrogen and oxygen atoms in total. The fraction of sp³-hybridized carbons (Fsp3) is 0.450. The molecule has 134 valence electrons. The van der Waals surface area contributed by atoms with Gasteiger partial charge in [0.2, 0.25) is 5.91 Å². The molecule has 3 rings (SSSR count). The monoisotopic (exact) mass is 341 g/mol. The third kappa shape index (κ3) is 5.01. The predicted octanol–water partition coefficient (Wildman–Crippen LogP) is 1.55. The van der Waals surface area contributed by atoms with E-state index in [0.717, 1.165) is 44.8 Å². The lowest BCUT2D eigenvalue weighted by Gasteiger charge is -2.26. The number of ether oxygens (including phenoxy) is 1. The average molecular weight is 341 g/mol. The Balaban J connectivity index is 1.45. The van der Waals surface area contributed by atoms with Crippen LogP contribution in [0.25, 0.3) is 10.8 Å². The molecule has 1 fully saturated rings. The first-order valence-corrected chi connectivity index (χ1v) is 9.04. The van der Waals surface area contributed by atoms with E-state index in [1.807, 2.05) is 24.3 Å². The Hall–Kier alpha value is -1.95. The summed E-state index contributed by atoms with van der Waals surface area (Å²) in [6.07, 6.45) is 1.49. The van der Waals surface area contributed by atoms with Gasteiger partial charge in [-0.05, 0) is 35.7 Å². The molecule has 0 aromatic heterocycles. The van der Waals surface area contributed by atoms with Crippen LogP contribution in [0.1, 0.15) is 12.0 Å². The number of rotatable bonds is 7. The van der Waals surface area contributed by atoms with E-state index < -0.39 is 6.04 Å². The smallest absolute Gasteiger partial charge is 0.237 e. The number of amides is 1. The molecule has 0 bridgehead atoms. The standard InChI is InChI=1S/C20H27N3O2/c21-19(15-17-7-3-6-16-5-1-2-8-18(16)17)20(24)22-9-4-10-23-11-13-25-14-12-23/h1-3,5-8,19H,4,9-15,21H2,(H,22,24)/t19-/m0/s1. The number of morpholine rings is 1. The molecule has 5 heteroatoms. The normalized spacial score (nSPS) is 16.7. The highest BCUT2D eigenvalue weighted by molar-refractivity contribution is 5.87. The maximum Gasteiger partial charge on any atom is 0.237 e. The van der Waals surface area contributed by atoms with E-state index in [1.165, 1.54) is 10.8 Å². The molecular weight excluding hydrogens is 314 g/mol. The van der Waals surface area contributed by atoms with Gasteiger partial charge in [-0.2, -0.15) is 0 Å². The highest BCUT2D eigenvalue weighted by Gasteiger charge is 2.15. The molecule has 0 saturated carbocycles. The quantitative estimate of drug-likeness (QED) is 0.750. The SMILES string of the molecule is N[C@@H](Cc1cccc2ccccc12)C(=O)NCCCN1CCOCC1. The molecule has 1 aliphatic heterocycles. The van der Waals surface area contributed by atoms with E-state index in [9.17, 15) is 4.79 Å². The molecule has 3 N–H and O–H groups in total. The molecule has 1 heterocycles. The van der Waals surface area contributed by atoms with Gasteiger partial charge in [-0.15, -0.1) is 0 Å². The number of nitrogens with two attached hydrogens (primary N) is 1. The Morgan fingerprint density at radius 3 is 2.76 bits per heavy atom. The van der Waals surface area contributed by atoms with Crippen LogP contribution < -0.4 is 11.1 Å². The molecule has 1 saturated heterocycles. The van der Waals surface area contributed by atoms with E-state index >= 15 is 0 Å². The summed E-state index contributed by atoms with van der Waals surface area (Å²) in [7, 11) is 0. The minimum atomic E-state index is -0.519. The Bertz CT molecular complexity index is 693. The summed E-state index contributed by atoms with van der Waals surface area (Å²) in [6.45, 7) is 5.23. The van der Waals surface area contributed by atoms with Crippen LogP contribution in [0.2, 0.25) is 0 Å². The van der Waals surface area contributed by atoms with Crippen molar-refractivity contribution in [2.75, 3.05) is 39.4 Å². The molecule has 2 aromatic rings. The van der Waals surface area contributed by atoms with Gasteiger partial charge in [0.25, 0.3) is 0 Å². The van der Waals surface area contributed by atoms with E-state index in [-0.39, 0.29) is 5.91 Å². The molecule has 0 radical (unpaired) electrons. The van der Waals surface area contributed by atoms with Crippen LogP contribution in [0.5, 0.6) is 0 Å². The van der Waals surface area contributed by atoms with Gasteiger partial charge in [-0.3, -0.25) is 9.69 Å². The largest absolute Gasteiger partial charge is 0.379 e. The summed E-state index contributed by atoms with van der Waals surface area (Å²) >= 11 is 0. The maximum atomic E-state index is 12.3. The fourth-order valence-corrected chi connectivity index (χ4v) is 3.27. The zero-order valence-corrected chi connectivity index (χ0v) is 14.6. The summed E-state index contributed by atoms with van der Waals surface area (Å²) < 4.78 is 5.33. The fourth-order valence-electron chi connectivity index (χ4n) is 3.27. The predicted molar refractivity (Wildman–Crippen MR) is 101 cm³/mol. The van der Waals surface area contributed by atoms with Crippen LogP contribution in [0, 0.1) is 0 Å². The Kier molecular flexibility index (Phi) is 6.39. The van der Waals surface area contributed by atoms with Gasteiger partial charge in [0.05, 0.1) is 19.3 Å². The molecule has 0 unspecified atom stereocenters. The minimum Gasteiger partial charge on any atom is -0.379 e. The lowest BCUT2D eigenvalue weighted by molar-refractivity contribution is -0.122. The summed E-state index contributed by atoms with van der Waals surface area (Å²) in [4.78, 5) is 14.6. The second-order valence-corrected chi connectivity index (χ2v) is 6.55. The van der Waals surface area contributed by atoms with Crippen LogP contribution in [-0.2, 0) is 16.0 Å². The van der Waals surface area contributed by atoms with Crippen LogP contribution in [0.3, 0.4) is 0 Å². The van der Waals surface area contributed by atoms with Crippen LogP contribution in [-0.4, -0.2) is 56.2 Å². The number of carbonyl (C=O) groups is 1. The van der Waals surface area contributed by atoms with Gasteiger partial charge in [-0.25, -0.2) is 0 Å². The molecule has 1 aliphatic rings. The van der Waals surface area contributed by atoms with Crippen molar-refractivity contribution in [1.82, 2.24) is 10.2 Å². The van der Waals surface area contributed by atoms with Crippen molar-refractivity contribution in [2.45, 2.75) is 18.9 Å². The van der Waals surface area contributed by atoms with Crippen molar-refractivity contribution in [1.29, 1.82) is 0 Å². The first-order valence-electron chi connectivity index (χ1n) is 9.04. The highest BCUT2D eigenvalue weighted by atomic mass is 16.5. The first-order chi connectivity index (χ1) is 12.2. The van der Waals surface area contributed by atoms with Crippen molar-refractivity contribution in [3.8, 4) is 0 Å².